The number of rotatable bonds is 5. The molecular formula is C21H23BrN2O5S. The SMILES string of the molecule is COc1ccc(S(=O)(=O)N(C2CC(=O)N(c3ccc(Br)cc3)C2=O)C(C)(C)C)cc1. The van der Waals surface area contributed by atoms with Gasteiger partial charge in [0.1, 0.15) is 11.8 Å². The third-order valence-corrected chi connectivity index (χ3v) is 7.48. The highest BCUT2D eigenvalue weighted by Gasteiger charge is 2.50. The fourth-order valence-electron chi connectivity index (χ4n) is 3.52. The lowest BCUT2D eigenvalue weighted by atomic mass is 10.1. The highest BCUT2D eigenvalue weighted by Crippen LogP contribution is 2.34. The minimum absolute atomic E-state index is 0.0283. The minimum atomic E-state index is -4.07. The lowest BCUT2D eigenvalue weighted by molar-refractivity contribution is -0.122. The molecule has 0 aliphatic carbocycles. The number of halogens is 1. The Labute approximate surface area is 184 Å². The summed E-state index contributed by atoms with van der Waals surface area (Å²) in [6.45, 7) is 5.11. The van der Waals surface area contributed by atoms with Crippen LogP contribution in [0.2, 0.25) is 0 Å². The van der Waals surface area contributed by atoms with Crippen LogP contribution in [-0.4, -0.2) is 43.2 Å². The van der Waals surface area contributed by atoms with Gasteiger partial charge in [-0.05, 0) is 69.3 Å². The van der Waals surface area contributed by atoms with Crippen LogP contribution in [0.3, 0.4) is 0 Å². The molecule has 2 aromatic rings. The van der Waals surface area contributed by atoms with E-state index in [2.05, 4.69) is 15.9 Å². The maximum absolute atomic E-state index is 13.5. The number of amides is 2. The summed E-state index contributed by atoms with van der Waals surface area (Å²) in [5.74, 6) is -0.481. The van der Waals surface area contributed by atoms with Crippen LogP contribution >= 0.6 is 15.9 Å². The van der Waals surface area contributed by atoms with Crippen molar-refractivity contribution in [3.63, 3.8) is 0 Å². The Morgan fingerprint density at radius 2 is 1.60 bits per heavy atom. The molecule has 3 rings (SSSR count). The molecule has 0 bridgehead atoms. The average molecular weight is 495 g/mol. The van der Waals surface area contributed by atoms with Crippen LogP contribution in [0.4, 0.5) is 5.69 Å². The molecule has 0 radical (unpaired) electrons. The van der Waals surface area contributed by atoms with Crippen molar-refractivity contribution in [1.29, 1.82) is 0 Å². The minimum Gasteiger partial charge on any atom is -0.497 e. The highest BCUT2D eigenvalue weighted by atomic mass is 79.9. The fourth-order valence-corrected chi connectivity index (χ4v) is 5.71. The van der Waals surface area contributed by atoms with Gasteiger partial charge in [0.25, 0.3) is 5.91 Å². The Morgan fingerprint density at radius 3 is 2.10 bits per heavy atom. The molecule has 1 saturated heterocycles. The largest absolute Gasteiger partial charge is 0.497 e. The molecule has 1 unspecified atom stereocenters. The maximum atomic E-state index is 13.5. The molecule has 1 aliphatic heterocycles. The second-order valence-electron chi connectivity index (χ2n) is 7.91. The third-order valence-electron chi connectivity index (χ3n) is 4.77. The standard InChI is InChI=1S/C21H23BrN2O5S/c1-21(2,3)24(30(27,28)17-11-9-16(29-4)10-12-17)18-13-19(25)23(20(18)26)15-7-5-14(22)6-8-15/h5-12,18H,13H2,1-4H3. The second kappa shape index (κ2) is 8.13. The zero-order valence-corrected chi connectivity index (χ0v) is 19.5. The Morgan fingerprint density at radius 1 is 1.03 bits per heavy atom. The van der Waals surface area contributed by atoms with Crippen LogP contribution in [0.25, 0.3) is 0 Å². The lowest BCUT2D eigenvalue weighted by Crippen LogP contribution is -2.54. The van der Waals surface area contributed by atoms with Gasteiger partial charge in [0, 0.05) is 10.0 Å². The zero-order chi connectivity index (χ0) is 22.3. The Balaban J connectivity index is 2.03. The van der Waals surface area contributed by atoms with Crippen molar-refractivity contribution < 1.29 is 22.7 Å². The topological polar surface area (TPSA) is 84.0 Å². The van der Waals surface area contributed by atoms with Gasteiger partial charge in [-0.3, -0.25) is 9.59 Å². The second-order valence-corrected chi connectivity index (χ2v) is 10.6. The van der Waals surface area contributed by atoms with E-state index in [1.165, 1.54) is 19.2 Å². The van der Waals surface area contributed by atoms with Gasteiger partial charge in [0.05, 0.1) is 24.1 Å². The first-order valence-electron chi connectivity index (χ1n) is 9.28. The molecule has 1 atom stereocenters. The quantitative estimate of drug-likeness (QED) is 0.593. The molecule has 1 fully saturated rings. The van der Waals surface area contributed by atoms with E-state index in [0.29, 0.717) is 11.4 Å². The van der Waals surface area contributed by atoms with E-state index in [4.69, 9.17) is 4.74 Å². The van der Waals surface area contributed by atoms with E-state index in [9.17, 15) is 18.0 Å². The number of ether oxygens (including phenoxy) is 1. The normalized spacial score (nSPS) is 17.7. The van der Waals surface area contributed by atoms with Crippen molar-refractivity contribution in [2.75, 3.05) is 12.0 Å². The van der Waals surface area contributed by atoms with Crippen LogP contribution in [0.15, 0.2) is 57.9 Å². The maximum Gasteiger partial charge on any atom is 0.252 e. The van der Waals surface area contributed by atoms with Crippen LogP contribution in [-0.2, 0) is 19.6 Å². The summed E-state index contributed by atoms with van der Waals surface area (Å²) in [7, 11) is -2.57. The first-order valence-corrected chi connectivity index (χ1v) is 11.5. The van der Waals surface area contributed by atoms with E-state index in [0.717, 1.165) is 13.7 Å². The van der Waals surface area contributed by atoms with Gasteiger partial charge in [-0.15, -0.1) is 0 Å². The number of benzene rings is 2. The van der Waals surface area contributed by atoms with Gasteiger partial charge in [0.2, 0.25) is 15.9 Å². The molecule has 0 aromatic heterocycles. The van der Waals surface area contributed by atoms with Gasteiger partial charge in [-0.2, -0.15) is 4.31 Å². The average Bonchev–Trinajstić information content (AvgIpc) is 2.95. The summed E-state index contributed by atoms with van der Waals surface area (Å²) < 4.78 is 34.0. The Kier molecular flexibility index (Phi) is 6.08. The van der Waals surface area contributed by atoms with Crippen molar-refractivity contribution in [3.8, 4) is 5.75 Å². The monoisotopic (exact) mass is 494 g/mol. The fraction of sp³-hybridized carbons (Fsp3) is 0.333. The Hall–Kier alpha value is -2.23. The number of sulfonamides is 1. The van der Waals surface area contributed by atoms with E-state index in [1.807, 2.05) is 0 Å². The molecule has 2 amide bonds. The molecule has 7 nitrogen and oxygen atoms in total. The number of imide groups is 1. The van der Waals surface area contributed by atoms with E-state index < -0.39 is 33.4 Å². The number of carbonyl (C=O) groups is 2. The summed E-state index contributed by atoms with van der Waals surface area (Å²) >= 11 is 3.32. The predicted octanol–water partition coefficient (Wildman–Crippen LogP) is 3.58. The molecular weight excluding hydrogens is 472 g/mol. The molecule has 1 aliphatic rings. The van der Waals surface area contributed by atoms with Gasteiger partial charge >= 0.3 is 0 Å². The predicted molar refractivity (Wildman–Crippen MR) is 117 cm³/mol. The number of methoxy groups -OCH3 is 1. The summed E-state index contributed by atoms with van der Waals surface area (Å²) in [5, 5.41) is 0. The van der Waals surface area contributed by atoms with Gasteiger partial charge in [-0.1, -0.05) is 15.9 Å². The van der Waals surface area contributed by atoms with Crippen LogP contribution < -0.4 is 9.64 Å². The van der Waals surface area contributed by atoms with Gasteiger partial charge in [0.15, 0.2) is 0 Å². The zero-order valence-electron chi connectivity index (χ0n) is 17.1. The molecule has 0 N–H and O–H groups in total. The summed E-state index contributed by atoms with van der Waals surface area (Å²) in [6, 6.07) is 11.5. The van der Waals surface area contributed by atoms with Gasteiger partial charge in [-0.25, -0.2) is 13.3 Å². The molecule has 30 heavy (non-hydrogen) atoms. The van der Waals surface area contributed by atoms with E-state index in [-0.39, 0.29) is 11.3 Å². The third kappa shape index (κ3) is 4.14. The number of carbonyl (C=O) groups excluding carboxylic acids is 2. The van der Waals surface area contributed by atoms with Crippen molar-refractivity contribution in [2.45, 2.75) is 43.7 Å². The highest BCUT2D eigenvalue weighted by molar-refractivity contribution is 9.10. The van der Waals surface area contributed by atoms with Crippen molar-refractivity contribution in [2.24, 2.45) is 0 Å². The van der Waals surface area contributed by atoms with Crippen molar-refractivity contribution in [3.05, 3.63) is 53.0 Å². The van der Waals surface area contributed by atoms with Gasteiger partial charge < -0.3 is 4.74 Å². The van der Waals surface area contributed by atoms with Crippen LogP contribution in [0.5, 0.6) is 5.75 Å². The molecule has 9 heteroatoms. The summed E-state index contributed by atoms with van der Waals surface area (Å²) in [6.07, 6.45) is -0.221. The van der Waals surface area contributed by atoms with Crippen LogP contribution in [0.1, 0.15) is 27.2 Å². The first-order chi connectivity index (χ1) is 14.0. The first kappa shape index (κ1) is 22.5. The van der Waals surface area contributed by atoms with Crippen molar-refractivity contribution >= 4 is 43.5 Å². The number of nitrogens with zero attached hydrogens (tertiary/aromatic N) is 2. The lowest BCUT2D eigenvalue weighted by Gasteiger charge is -2.37. The van der Waals surface area contributed by atoms with E-state index in [1.54, 1.807) is 57.2 Å². The number of hydrogen-bond donors (Lipinski definition) is 0. The molecule has 1 heterocycles. The number of anilines is 1. The molecule has 0 spiro atoms. The summed E-state index contributed by atoms with van der Waals surface area (Å²) in [4.78, 5) is 27.0. The van der Waals surface area contributed by atoms with E-state index >= 15 is 0 Å². The molecule has 0 saturated carbocycles. The Bertz CT molecular complexity index is 1060. The molecule has 2 aromatic carbocycles. The molecule has 160 valence electrons. The van der Waals surface area contributed by atoms with Crippen LogP contribution in [0, 0.1) is 0 Å². The number of hydrogen-bond acceptors (Lipinski definition) is 5. The smallest absolute Gasteiger partial charge is 0.252 e. The summed E-state index contributed by atoms with van der Waals surface area (Å²) in [5.41, 5.74) is -0.527. The van der Waals surface area contributed by atoms with Crippen molar-refractivity contribution in [1.82, 2.24) is 4.31 Å².